The van der Waals surface area contributed by atoms with E-state index in [0.29, 0.717) is 6.54 Å². The number of carboxylic acid groups (broad SMARTS) is 1. The van der Waals surface area contributed by atoms with Crippen molar-refractivity contribution in [3.63, 3.8) is 0 Å². The average molecular weight is 272 g/mol. The monoisotopic (exact) mass is 272 g/mol. The summed E-state index contributed by atoms with van der Waals surface area (Å²) in [6.45, 7) is 2.67. The van der Waals surface area contributed by atoms with E-state index in [-0.39, 0.29) is 19.0 Å². The molecule has 2 unspecified atom stereocenters. The molecule has 4 amide bonds. The van der Waals surface area contributed by atoms with Crippen molar-refractivity contribution in [3.05, 3.63) is 0 Å². The van der Waals surface area contributed by atoms with Gasteiger partial charge in [-0.3, -0.25) is 0 Å². The minimum Gasteiger partial charge on any atom is -0.480 e. The van der Waals surface area contributed by atoms with Crippen molar-refractivity contribution in [2.24, 2.45) is 11.7 Å². The maximum atomic E-state index is 11.9. The lowest BCUT2D eigenvalue weighted by Crippen LogP contribution is -2.55. The third-order valence-electron chi connectivity index (χ3n) is 3.15. The van der Waals surface area contributed by atoms with Crippen molar-refractivity contribution in [2.75, 3.05) is 19.6 Å². The molecule has 1 heterocycles. The Morgan fingerprint density at radius 3 is 2.53 bits per heavy atom. The smallest absolute Gasteiger partial charge is 0.326 e. The maximum absolute atomic E-state index is 11.9. The van der Waals surface area contributed by atoms with Gasteiger partial charge in [0.1, 0.15) is 6.04 Å². The van der Waals surface area contributed by atoms with Gasteiger partial charge in [-0.05, 0) is 18.8 Å². The zero-order valence-corrected chi connectivity index (χ0v) is 10.9. The Balaban J connectivity index is 2.49. The highest BCUT2D eigenvalue weighted by Crippen LogP contribution is 2.23. The molecule has 0 radical (unpaired) electrons. The summed E-state index contributed by atoms with van der Waals surface area (Å²) in [5.74, 6) is -1.06. The third-order valence-corrected chi connectivity index (χ3v) is 3.15. The molecule has 1 fully saturated rings. The number of carbonyl (C=O) groups excluding carboxylic acids is 2. The summed E-state index contributed by atoms with van der Waals surface area (Å²) in [6.07, 6.45) is 1.59. The number of carboxylic acids is 1. The number of nitrogens with zero attached hydrogens (tertiary/aromatic N) is 1. The minimum atomic E-state index is -0.988. The molecule has 0 aromatic carbocycles. The van der Waals surface area contributed by atoms with Gasteiger partial charge in [0.25, 0.3) is 0 Å². The van der Waals surface area contributed by atoms with Crippen LogP contribution in [0, 0.1) is 5.92 Å². The van der Waals surface area contributed by atoms with Crippen molar-refractivity contribution < 1.29 is 19.5 Å². The van der Waals surface area contributed by atoms with E-state index in [9.17, 15) is 19.5 Å². The molecule has 0 aromatic heterocycles. The standard InChI is InChI=1S/C11H20N4O4/c1-7-3-2-6-15(8(7)9(16)17)11(19)14-5-4-13-10(12)18/h7-8H,2-6H2,1H3,(H,14,19)(H,16,17)(H3,12,13,18). The van der Waals surface area contributed by atoms with Gasteiger partial charge in [-0.25, -0.2) is 14.4 Å². The molecule has 1 aliphatic rings. The first kappa shape index (κ1) is 15.1. The van der Waals surface area contributed by atoms with Crippen LogP contribution in [0.4, 0.5) is 9.59 Å². The zero-order chi connectivity index (χ0) is 14.4. The molecule has 1 rings (SSSR count). The Kier molecular flexibility index (Phi) is 5.40. The normalized spacial score (nSPS) is 22.7. The van der Waals surface area contributed by atoms with Crippen LogP contribution in [0.25, 0.3) is 0 Å². The van der Waals surface area contributed by atoms with E-state index >= 15 is 0 Å². The summed E-state index contributed by atoms with van der Waals surface area (Å²) < 4.78 is 0. The number of nitrogens with one attached hydrogen (secondary N) is 2. The molecule has 0 saturated carbocycles. The number of urea groups is 2. The van der Waals surface area contributed by atoms with E-state index in [2.05, 4.69) is 10.6 Å². The van der Waals surface area contributed by atoms with E-state index < -0.39 is 24.1 Å². The molecule has 1 saturated heterocycles. The number of aliphatic carboxylic acids is 1. The maximum Gasteiger partial charge on any atom is 0.326 e. The molecule has 0 spiro atoms. The van der Waals surface area contributed by atoms with Crippen molar-refractivity contribution in [2.45, 2.75) is 25.8 Å². The predicted octanol–water partition coefficient (Wildman–Crippen LogP) is -0.451. The van der Waals surface area contributed by atoms with Gasteiger partial charge in [0.05, 0.1) is 0 Å². The zero-order valence-electron chi connectivity index (χ0n) is 10.9. The molecule has 108 valence electrons. The Morgan fingerprint density at radius 1 is 1.32 bits per heavy atom. The number of primary amides is 1. The van der Waals surface area contributed by atoms with Crippen LogP contribution >= 0.6 is 0 Å². The van der Waals surface area contributed by atoms with Crippen LogP contribution in [-0.2, 0) is 4.79 Å². The molecule has 5 N–H and O–H groups in total. The lowest BCUT2D eigenvalue weighted by molar-refractivity contribution is -0.145. The van der Waals surface area contributed by atoms with Gasteiger partial charge in [-0.1, -0.05) is 6.92 Å². The van der Waals surface area contributed by atoms with Crippen molar-refractivity contribution in [1.29, 1.82) is 0 Å². The summed E-state index contributed by atoms with van der Waals surface area (Å²) >= 11 is 0. The number of piperidine rings is 1. The molecular formula is C11H20N4O4. The lowest BCUT2D eigenvalue weighted by Gasteiger charge is -2.37. The predicted molar refractivity (Wildman–Crippen MR) is 67.5 cm³/mol. The number of hydrogen-bond acceptors (Lipinski definition) is 3. The molecule has 19 heavy (non-hydrogen) atoms. The molecular weight excluding hydrogens is 252 g/mol. The fourth-order valence-corrected chi connectivity index (χ4v) is 2.25. The molecule has 8 nitrogen and oxygen atoms in total. The Morgan fingerprint density at radius 2 is 1.95 bits per heavy atom. The highest BCUT2D eigenvalue weighted by molar-refractivity contribution is 5.83. The number of nitrogens with two attached hydrogens (primary N) is 1. The molecule has 0 aromatic rings. The van der Waals surface area contributed by atoms with E-state index in [1.807, 2.05) is 6.92 Å². The van der Waals surface area contributed by atoms with Crippen molar-refractivity contribution in [3.8, 4) is 0 Å². The van der Waals surface area contributed by atoms with E-state index in [1.54, 1.807) is 0 Å². The van der Waals surface area contributed by atoms with Gasteiger partial charge in [-0.15, -0.1) is 0 Å². The molecule has 0 bridgehead atoms. The van der Waals surface area contributed by atoms with Crippen molar-refractivity contribution in [1.82, 2.24) is 15.5 Å². The van der Waals surface area contributed by atoms with Gasteiger partial charge >= 0.3 is 18.0 Å². The number of hydrogen-bond donors (Lipinski definition) is 4. The quantitative estimate of drug-likeness (QED) is 0.517. The summed E-state index contributed by atoms with van der Waals surface area (Å²) in [7, 11) is 0. The number of carbonyl (C=O) groups is 3. The molecule has 1 aliphatic heterocycles. The van der Waals surface area contributed by atoms with E-state index in [1.165, 1.54) is 4.90 Å². The number of likely N-dealkylation sites (tertiary alicyclic amines) is 1. The minimum absolute atomic E-state index is 0.0688. The second-order valence-corrected chi connectivity index (χ2v) is 4.62. The second kappa shape index (κ2) is 6.81. The van der Waals surface area contributed by atoms with Crippen LogP contribution in [0.2, 0.25) is 0 Å². The van der Waals surface area contributed by atoms with E-state index in [4.69, 9.17) is 5.73 Å². The lowest BCUT2D eigenvalue weighted by atomic mass is 9.91. The Bertz CT molecular complexity index is 361. The summed E-state index contributed by atoms with van der Waals surface area (Å²) in [5, 5.41) is 14.1. The average Bonchev–Trinajstić information content (AvgIpc) is 2.33. The van der Waals surface area contributed by atoms with Gasteiger partial charge in [0, 0.05) is 19.6 Å². The van der Waals surface area contributed by atoms with Crippen LogP contribution in [0.15, 0.2) is 0 Å². The highest BCUT2D eigenvalue weighted by atomic mass is 16.4. The van der Waals surface area contributed by atoms with Gasteiger partial charge in [-0.2, -0.15) is 0 Å². The fourth-order valence-electron chi connectivity index (χ4n) is 2.25. The highest BCUT2D eigenvalue weighted by Gasteiger charge is 2.36. The largest absolute Gasteiger partial charge is 0.480 e. The van der Waals surface area contributed by atoms with Crippen LogP contribution in [0.1, 0.15) is 19.8 Å². The third kappa shape index (κ3) is 4.31. The topological polar surface area (TPSA) is 125 Å². The SMILES string of the molecule is CC1CCCN(C(=O)NCCNC(N)=O)C1C(=O)O. The van der Waals surface area contributed by atoms with Crippen molar-refractivity contribution >= 4 is 18.0 Å². The molecule has 0 aliphatic carbocycles. The van der Waals surface area contributed by atoms with Crippen LogP contribution in [-0.4, -0.2) is 53.7 Å². The second-order valence-electron chi connectivity index (χ2n) is 4.62. The Labute approximate surface area is 111 Å². The molecule has 2 atom stereocenters. The van der Waals surface area contributed by atoms with E-state index in [0.717, 1.165) is 12.8 Å². The first-order valence-electron chi connectivity index (χ1n) is 6.24. The van der Waals surface area contributed by atoms with Gasteiger partial charge < -0.3 is 26.4 Å². The fraction of sp³-hybridized carbons (Fsp3) is 0.727. The summed E-state index contributed by atoms with van der Waals surface area (Å²) in [4.78, 5) is 34.9. The summed E-state index contributed by atoms with van der Waals surface area (Å²) in [6, 6.07) is -1.88. The Hall–Kier alpha value is -1.99. The van der Waals surface area contributed by atoms with Gasteiger partial charge in [0.15, 0.2) is 0 Å². The molecule has 8 heteroatoms. The summed E-state index contributed by atoms with van der Waals surface area (Å²) in [5.41, 5.74) is 4.88. The first-order valence-corrected chi connectivity index (χ1v) is 6.24. The first-order chi connectivity index (χ1) is 8.93. The number of rotatable bonds is 4. The van der Waals surface area contributed by atoms with Crippen LogP contribution in [0.5, 0.6) is 0 Å². The van der Waals surface area contributed by atoms with Crippen LogP contribution in [0.3, 0.4) is 0 Å². The van der Waals surface area contributed by atoms with Crippen LogP contribution < -0.4 is 16.4 Å². The number of amides is 4. The van der Waals surface area contributed by atoms with Gasteiger partial charge in [0.2, 0.25) is 0 Å².